The lowest BCUT2D eigenvalue weighted by Crippen LogP contribution is -2.44. The van der Waals surface area contributed by atoms with Crippen molar-refractivity contribution in [3.63, 3.8) is 0 Å². The molecule has 1 fully saturated rings. The molecule has 1 saturated heterocycles. The largest absolute Gasteiger partial charge is 0.490 e. The molecule has 2 unspecified atom stereocenters. The van der Waals surface area contributed by atoms with Crippen molar-refractivity contribution < 1.29 is 61.4 Å². The quantitative estimate of drug-likeness (QED) is 0.0804. The van der Waals surface area contributed by atoms with Gasteiger partial charge in [0.25, 0.3) is 5.56 Å². The molecule has 0 bridgehead atoms. The molecule has 1 aromatic rings. The molecule has 1 aliphatic heterocycles. The summed E-state index contributed by atoms with van der Waals surface area (Å²) < 4.78 is 50.8. The van der Waals surface area contributed by atoms with Crippen molar-refractivity contribution in [2.75, 3.05) is 6.61 Å². The Morgan fingerprint density at radius 2 is 1.81 bits per heavy atom. The van der Waals surface area contributed by atoms with Crippen molar-refractivity contribution in [2.45, 2.75) is 24.2 Å². The van der Waals surface area contributed by atoms with Crippen LogP contribution in [0.2, 0.25) is 0 Å². The Kier molecular flexibility index (Phi) is 7.68. The lowest BCUT2D eigenvalue weighted by molar-refractivity contribution is -0.123. The van der Waals surface area contributed by atoms with Gasteiger partial charge in [-0.2, -0.15) is 8.62 Å². The van der Waals surface area contributed by atoms with Crippen LogP contribution < -0.4 is 11.2 Å². The summed E-state index contributed by atoms with van der Waals surface area (Å²) in [6.45, 7) is -1.46. The van der Waals surface area contributed by atoms with E-state index in [4.69, 9.17) is 24.9 Å². The van der Waals surface area contributed by atoms with E-state index in [-0.39, 0.29) is 0 Å². The van der Waals surface area contributed by atoms with Crippen LogP contribution >= 0.6 is 23.5 Å². The predicted molar refractivity (Wildman–Crippen MR) is 95.2 cm³/mol. The van der Waals surface area contributed by atoms with Crippen molar-refractivity contribution in [3.05, 3.63) is 43.5 Å². The maximum absolute atomic E-state index is 11.9. The summed E-state index contributed by atoms with van der Waals surface area (Å²) in [6.07, 6.45) is -5.27. The summed E-state index contributed by atoms with van der Waals surface area (Å²) in [4.78, 5) is 62.8. The maximum atomic E-state index is 11.9. The SMILES string of the molecule is [N-]=[N+]=N[C@]1(COP(=O)(O)OP(=O)(O)OP(=O)(O)O)O[C@@H](n2ccc(=O)[nH]c2=O)[C@H](O)[C@@H]1O. The van der Waals surface area contributed by atoms with Crippen molar-refractivity contribution in [3.8, 4) is 0 Å². The first kappa shape index (κ1) is 26.5. The van der Waals surface area contributed by atoms with Crippen LogP contribution in [0.4, 0.5) is 0 Å². The summed E-state index contributed by atoms with van der Waals surface area (Å²) in [6, 6.07) is 0.837. The average Bonchev–Trinajstić information content (AvgIpc) is 2.83. The lowest BCUT2D eigenvalue weighted by Gasteiger charge is -2.27. The van der Waals surface area contributed by atoms with Crippen molar-refractivity contribution >= 4 is 23.5 Å². The number of aromatic nitrogens is 2. The molecule has 32 heavy (non-hydrogen) atoms. The van der Waals surface area contributed by atoms with Gasteiger partial charge in [-0.15, -0.1) is 0 Å². The van der Waals surface area contributed by atoms with Crippen LogP contribution in [-0.4, -0.2) is 63.9 Å². The number of hydrogen-bond acceptors (Lipinski definition) is 12. The highest BCUT2D eigenvalue weighted by Crippen LogP contribution is 2.66. The van der Waals surface area contributed by atoms with Crippen LogP contribution in [0.1, 0.15) is 6.23 Å². The monoisotopic (exact) mass is 525 g/mol. The molecule has 0 spiro atoms. The van der Waals surface area contributed by atoms with Gasteiger partial charge < -0.3 is 34.5 Å². The minimum atomic E-state index is -5.87. The second-order valence-electron chi connectivity index (χ2n) is 5.86. The van der Waals surface area contributed by atoms with E-state index < -0.39 is 65.5 Å². The number of H-pyrrole nitrogens is 1. The number of hydrogen-bond donors (Lipinski definition) is 7. The fourth-order valence-corrected chi connectivity index (χ4v) is 5.45. The number of ether oxygens (including phenoxy) is 1. The van der Waals surface area contributed by atoms with Gasteiger partial charge >= 0.3 is 29.2 Å². The molecule has 20 nitrogen and oxygen atoms in total. The third-order valence-electron chi connectivity index (χ3n) is 3.59. The number of rotatable bonds is 9. The van der Waals surface area contributed by atoms with Gasteiger partial charge in [-0.05, 0) is 5.53 Å². The molecule has 2 heterocycles. The minimum Gasteiger partial charge on any atom is -0.387 e. The third-order valence-corrected chi connectivity index (χ3v) is 7.38. The van der Waals surface area contributed by atoms with Gasteiger partial charge in [-0.1, -0.05) is 5.11 Å². The van der Waals surface area contributed by atoms with Crippen molar-refractivity contribution in [1.29, 1.82) is 0 Å². The summed E-state index contributed by atoms with van der Waals surface area (Å²) in [5.41, 5.74) is 4.06. The molecule has 23 heteroatoms. The Morgan fingerprint density at radius 3 is 2.34 bits per heavy atom. The van der Waals surface area contributed by atoms with Crippen LogP contribution in [0.3, 0.4) is 0 Å². The molecule has 2 rings (SSSR count). The highest BCUT2D eigenvalue weighted by molar-refractivity contribution is 7.66. The molecule has 0 amide bonds. The normalized spacial score (nSPS) is 29.6. The third kappa shape index (κ3) is 6.41. The number of nitrogens with one attached hydrogen (secondary N) is 1. The zero-order valence-electron chi connectivity index (χ0n) is 15.1. The Bertz CT molecular complexity index is 1170. The molecule has 7 N–H and O–H groups in total. The van der Waals surface area contributed by atoms with E-state index >= 15 is 0 Å². The lowest BCUT2D eigenvalue weighted by atomic mass is 10.1. The van der Waals surface area contributed by atoms with Gasteiger partial charge in [0, 0.05) is 17.2 Å². The topological polar surface area (TPSA) is 313 Å². The van der Waals surface area contributed by atoms with Gasteiger partial charge in [0.15, 0.2) is 6.23 Å². The van der Waals surface area contributed by atoms with Crippen LogP contribution in [0.5, 0.6) is 0 Å². The summed E-state index contributed by atoms with van der Waals surface area (Å²) in [5.74, 6) is 0. The van der Waals surface area contributed by atoms with Gasteiger partial charge in [0.1, 0.15) is 12.2 Å². The molecular formula is C9H14N5O15P3. The number of azide groups is 1. The molecule has 1 aromatic heterocycles. The van der Waals surface area contributed by atoms with E-state index in [9.17, 15) is 38.4 Å². The number of phosphoric ester groups is 1. The number of aliphatic hydroxyl groups excluding tert-OH is 2. The zero-order chi connectivity index (χ0) is 24.5. The zero-order valence-corrected chi connectivity index (χ0v) is 17.8. The van der Waals surface area contributed by atoms with E-state index in [0.29, 0.717) is 4.57 Å². The highest BCUT2D eigenvalue weighted by atomic mass is 31.3. The standard InChI is InChI=1S/C9H14N5O15P3/c10-13-12-9(3-26-31(22,23)29-32(24,25)28-30(19,20)21)6(17)5(16)7(27-9)14-2-1-4(15)11-8(14)18/h1-2,5-7,16-17H,3H2,(H,22,23)(H,24,25)(H,11,15,18)(H2,19,20,21)/t5-,6+,7-,9-/m1/s1. The van der Waals surface area contributed by atoms with Gasteiger partial charge in [0.2, 0.25) is 5.72 Å². The molecule has 0 aromatic carbocycles. The Hall–Kier alpha value is -1.72. The van der Waals surface area contributed by atoms with Crippen LogP contribution in [0, 0.1) is 0 Å². The van der Waals surface area contributed by atoms with Crippen LogP contribution in [0.25, 0.3) is 10.4 Å². The number of aromatic amines is 1. The molecule has 0 aliphatic carbocycles. The fourth-order valence-electron chi connectivity index (χ4n) is 2.40. The van der Waals surface area contributed by atoms with E-state index in [1.807, 2.05) is 4.98 Å². The smallest absolute Gasteiger partial charge is 0.387 e. The molecule has 6 atom stereocenters. The average molecular weight is 525 g/mol. The predicted octanol–water partition coefficient (Wildman–Crippen LogP) is -1.86. The first-order valence-corrected chi connectivity index (χ1v) is 12.2. The highest BCUT2D eigenvalue weighted by Gasteiger charge is 2.56. The molecule has 1 aliphatic rings. The van der Waals surface area contributed by atoms with Crippen molar-refractivity contribution in [1.82, 2.24) is 9.55 Å². The second kappa shape index (κ2) is 9.26. The maximum Gasteiger partial charge on any atom is 0.490 e. The minimum absolute atomic E-state index is 0.564. The molecular weight excluding hydrogens is 511 g/mol. The number of aliphatic hydroxyl groups is 2. The number of phosphoric acid groups is 3. The van der Waals surface area contributed by atoms with Gasteiger partial charge in [0.05, 0.1) is 6.61 Å². The second-order valence-corrected chi connectivity index (χ2v) is 10.3. The van der Waals surface area contributed by atoms with Crippen LogP contribution in [0.15, 0.2) is 27.0 Å². The molecule has 0 saturated carbocycles. The summed E-state index contributed by atoms with van der Waals surface area (Å²) in [7, 11) is -17.2. The summed E-state index contributed by atoms with van der Waals surface area (Å²) >= 11 is 0. The fraction of sp³-hybridized carbons (Fsp3) is 0.556. The van der Waals surface area contributed by atoms with Gasteiger partial charge in [-0.3, -0.25) is 18.9 Å². The molecule has 0 radical (unpaired) electrons. The van der Waals surface area contributed by atoms with E-state index in [1.165, 1.54) is 0 Å². The molecule has 180 valence electrons. The first-order chi connectivity index (χ1) is 14.5. The van der Waals surface area contributed by atoms with Crippen LogP contribution in [-0.2, 0) is 31.6 Å². The Morgan fingerprint density at radius 1 is 1.19 bits per heavy atom. The van der Waals surface area contributed by atoms with E-state index in [0.717, 1.165) is 12.3 Å². The Balaban J connectivity index is 2.28. The Labute approximate surface area is 174 Å². The van der Waals surface area contributed by atoms with Crippen molar-refractivity contribution in [2.24, 2.45) is 5.11 Å². The number of nitrogens with zero attached hydrogens (tertiary/aromatic N) is 4. The van der Waals surface area contributed by atoms with E-state index in [1.54, 1.807) is 0 Å². The van der Waals surface area contributed by atoms with E-state index in [2.05, 4.69) is 23.2 Å². The summed E-state index contributed by atoms with van der Waals surface area (Å²) in [5, 5.41) is 23.5. The van der Waals surface area contributed by atoms with Gasteiger partial charge in [-0.25, -0.2) is 18.5 Å². The first-order valence-electron chi connectivity index (χ1n) is 7.71.